The fourth-order valence-electron chi connectivity index (χ4n) is 3.86. The van der Waals surface area contributed by atoms with Gasteiger partial charge in [0, 0.05) is 19.0 Å². The van der Waals surface area contributed by atoms with Gasteiger partial charge in [0.25, 0.3) is 0 Å². The lowest BCUT2D eigenvalue weighted by atomic mass is 9.83. The second-order valence-corrected chi connectivity index (χ2v) is 6.34. The number of benzene rings is 1. The number of nitrogens with two attached hydrogens (primary N) is 1. The minimum Gasteiger partial charge on any atom is -0.488 e. The molecule has 0 spiro atoms. The number of para-hydroxylation sites is 1. The fourth-order valence-corrected chi connectivity index (χ4v) is 3.86. The highest BCUT2D eigenvalue weighted by Gasteiger charge is 2.30. The predicted octanol–water partition coefficient (Wildman–Crippen LogP) is 2.44. The Morgan fingerprint density at radius 1 is 1.25 bits per heavy atom. The van der Waals surface area contributed by atoms with Crippen molar-refractivity contribution < 1.29 is 4.74 Å². The predicted molar refractivity (Wildman–Crippen MR) is 82.0 cm³/mol. The molecular weight excluding hydrogens is 248 g/mol. The average molecular weight is 274 g/mol. The molecule has 1 heterocycles. The number of hydrogen-bond acceptors (Lipinski definition) is 3. The minimum atomic E-state index is 0.303. The molecule has 1 fully saturated rings. The van der Waals surface area contributed by atoms with Crippen LogP contribution in [-0.2, 0) is 6.42 Å². The normalized spacial score (nSPS) is 29.2. The maximum Gasteiger partial charge on any atom is 0.123 e. The Morgan fingerprint density at radius 3 is 2.85 bits per heavy atom. The Balaban J connectivity index is 1.58. The molecule has 1 aromatic rings. The Labute approximate surface area is 122 Å². The van der Waals surface area contributed by atoms with Crippen LogP contribution in [0.4, 0.5) is 0 Å². The van der Waals surface area contributed by atoms with Crippen molar-refractivity contribution in [3.63, 3.8) is 0 Å². The summed E-state index contributed by atoms with van der Waals surface area (Å²) in [5.41, 5.74) is 7.30. The van der Waals surface area contributed by atoms with Crippen LogP contribution in [0.2, 0.25) is 0 Å². The molecular formula is C17H26N2O. The standard InChI is InChI=1S/C17H26N2O/c1-19(16-8-4-2-7-14(16)11-18)12-15-10-13-6-3-5-9-17(13)20-15/h3,5-6,9,14-16H,2,4,7-8,10-12,18H2,1H3. The number of fused-ring (bicyclic) bond motifs is 1. The third-order valence-corrected chi connectivity index (χ3v) is 4.94. The lowest BCUT2D eigenvalue weighted by molar-refractivity contribution is 0.0889. The molecule has 2 N–H and O–H groups in total. The SMILES string of the molecule is CN(CC1Cc2ccccc2O1)C1CCCCC1CN. The number of ether oxygens (including phenoxy) is 1. The Hall–Kier alpha value is -1.06. The van der Waals surface area contributed by atoms with Gasteiger partial charge in [0.05, 0.1) is 0 Å². The largest absolute Gasteiger partial charge is 0.488 e. The summed E-state index contributed by atoms with van der Waals surface area (Å²) >= 11 is 0. The van der Waals surface area contributed by atoms with Gasteiger partial charge in [-0.2, -0.15) is 0 Å². The molecule has 0 amide bonds. The molecule has 1 aliphatic carbocycles. The van der Waals surface area contributed by atoms with E-state index >= 15 is 0 Å². The van der Waals surface area contributed by atoms with Crippen molar-refractivity contribution in [1.29, 1.82) is 0 Å². The fraction of sp³-hybridized carbons (Fsp3) is 0.647. The first-order chi connectivity index (χ1) is 9.78. The van der Waals surface area contributed by atoms with E-state index in [1.165, 1.54) is 31.2 Å². The van der Waals surface area contributed by atoms with E-state index in [2.05, 4.69) is 36.2 Å². The van der Waals surface area contributed by atoms with Crippen LogP contribution in [0.25, 0.3) is 0 Å². The van der Waals surface area contributed by atoms with Crippen molar-refractivity contribution in [1.82, 2.24) is 4.90 Å². The third kappa shape index (κ3) is 2.84. The lowest BCUT2D eigenvalue weighted by Crippen LogP contribution is -2.46. The molecule has 1 aliphatic heterocycles. The van der Waals surface area contributed by atoms with E-state index in [1.807, 2.05) is 0 Å². The number of nitrogens with zero attached hydrogens (tertiary/aromatic N) is 1. The van der Waals surface area contributed by atoms with Crippen molar-refractivity contribution in [2.75, 3.05) is 20.1 Å². The van der Waals surface area contributed by atoms with Crippen LogP contribution in [0, 0.1) is 5.92 Å². The molecule has 1 saturated carbocycles. The van der Waals surface area contributed by atoms with Crippen LogP contribution in [0.1, 0.15) is 31.2 Å². The summed E-state index contributed by atoms with van der Waals surface area (Å²) in [7, 11) is 2.24. The second-order valence-electron chi connectivity index (χ2n) is 6.34. The average Bonchev–Trinajstić information content (AvgIpc) is 2.89. The summed E-state index contributed by atoms with van der Waals surface area (Å²) in [6.07, 6.45) is 6.61. The molecule has 1 aromatic carbocycles. The first-order valence-corrected chi connectivity index (χ1v) is 7.93. The van der Waals surface area contributed by atoms with Gasteiger partial charge >= 0.3 is 0 Å². The minimum absolute atomic E-state index is 0.303. The molecule has 20 heavy (non-hydrogen) atoms. The molecule has 3 heteroatoms. The highest BCUT2D eigenvalue weighted by atomic mass is 16.5. The number of likely N-dealkylation sites (N-methyl/N-ethyl adjacent to an activating group) is 1. The van der Waals surface area contributed by atoms with Gasteiger partial charge in [0.15, 0.2) is 0 Å². The van der Waals surface area contributed by atoms with Gasteiger partial charge in [0.2, 0.25) is 0 Å². The van der Waals surface area contributed by atoms with Crippen LogP contribution in [0.5, 0.6) is 5.75 Å². The summed E-state index contributed by atoms with van der Waals surface area (Å²) in [5, 5.41) is 0. The maximum absolute atomic E-state index is 6.06. The van der Waals surface area contributed by atoms with E-state index in [4.69, 9.17) is 10.5 Å². The van der Waals surface area contributed by atoms with Gasteiger partial charge in [0.1, 0.15) is 11.9 Å². The molecule has 2 aliphatic rings. The van der Waals surface area contributed by atoms with Crippen molar-refractivity contribution in [3.8, 4) is 5.75 Å². The van der Waals surface area contributed by atoms with Gasteiger partial charge in [-0.1, -0.05) is 31.0 Å². The number of rotatable bonds is 4. The van der Waals surface area contributed by atoms with E-state index in [0.717, 1.165) is 25.3 Å². The van der Waals surface area contributed by atoms with Crippen molar-refractivity contribution in [3.05, 3.63) is 29.8 Å². The Bertz CT molecular complexity index is 423. The number of hydrogen-bond donors (Lipinski definition) is 1. The van der Waals surface area contributed by atoms with Gasteiger partial charge in [-0.05, 0) is 44.0 Å². The molecule has 3 unspecified atom stereocenters. The molecule has 3 rings (SSSR count). The molecule has 0 bridgehead atoms. The van der Waals surface area contributed by atoms with E-state index < -0.39 is 0 Å². The molecule has 3 nitrogen and oxygen atoms in total. The van der Waals surface area contributed by atoms with Crippen molar-refractivity contribution in [2.24, 2.45) is 11.7 Å². The summed E-state index contributed by atoms with van der Waals surface area (Å²) in [5.74, 6) is 1.74. The lowest BCUT2D eigenvalue weighted by Gasteiger charge is -2.38. The van der Waals surface area contributed by atoms with Crippen LogP contribution in [-0.4, -0.2) is 37.2 Å². The molecule has 0 aromatic heterocycles. The smallest absolute Gasteiger partial charge is 0.123 e. The van der Waals surface area contributed by atoms with Gasteiger partial charge < -0.3 is 10.5 Å². The summed E-state index contributed by atoms with van der Waals surface area (Å²) < 4.78 is 6.06. The first kappa shape index (κ1) is 13.9. The van der Waals surface area contributed by atoms with Crippen LogP contribution in [0.3, 0.4) is 0 Å². The zero-order valence-electron chi connectivity index (χ0n) is 12.4. The Morgan fingerprint density at radius 2 is 2.05 bits per heavy atom. The van der Waals surface area contributed by atoms with Crippen LogP contribution >= 0.6 is 0 Å². The van der Waals surface area contributed by atoms with E-state index in [-0.39, 0.29) is 0 Å². The molecule has 3 atom stereocenters. The van der Waals surface area contributed by atoms with Crippen molar-refractivity contribution >= 4 is 0 Å². The van der Waals surface area contributed by atoms with Crippen LogP contribution in [0.15, 0.2) is 24.3 Å². The van der Waals surface area contributed by atoms with Gasteiger partial charge in [-0.3, -0.25) is 4.90 Å². The quantitative estimate of drug-likeness (QED) is 0.916. The highest BCUT2D eigenvalue weighted by Crippen LogP contribution is 2.31. The zero-order chi connectivity index (χ0) is 13.9. The summed E-state index contributed by atoms with van der Waals surface area (Å²) in [4.78, 5) is 2.49. The van der Waals surface area contributed by atoms with Crippen molar-refractivity contribution in [2.45, 2.75) is 44.2 Å². The molecule has 0 saturated heterocycles. The van der Waals surface area contributed by atoms with Gasteiger partial charge in [-0.15, -0.1) is 0 Å². The zero-order valence-corrected chi connectivity index (χ0v) is 12.4. The second kappa shape index (κ2) is 6.15. The highest BCUT2D eigenvalue weighted by molar-refractivity contribution is 5.37. The Kier molecular flexibility index (Phi) is 4.27. The maximum atomic E-state index is 6.06. The van der Waals surface area contributed by atoms with E-state index in [9.17, 15) is 0 Å². The molecule has 0 radical (unpaired) electrons. The topological polar surface area (TPSA) is 38.5 Å². The van der Waals surface area contributed by atoms with E-state index in [1.54, 1.807) is 0 Å². The molecule has 110 valence electrons. The third-order valence-electron chi connectivity index (χ3n) is 4.94. The monoisotopic (exact) mass is 274 g/mol. The van der Waals surface area contributed by atoms with Gasteiger partial charge in [-0.25, -0.2) is 0 Å². The summed E-state index contributed by atoms with van der Waals surface area (Å²) in [6.45, 7) is 1.83. The summed E-state index contributed by atoms with van der Waals surface area (Å²) in [6, 6.07) is 9.05. The first-order valence-electron chi connectivity index (χ1n) is 7.93. The van der Waals surface area contributed by atoms with Crippen LogP contribution < -0.4 is 10.5 Å². The van der Waals surface area contributed by atoms with E-state index in [0.29, 0.717) is 18.1 Å².